The zero-order chi connectivity index (χ0) is 19.2. The number of nitrogens with one attached hydrogen (secondary N) is 1. The van der Waals surface area contributed by atoms with E-state index in [-0.39, 0.29) is 23.4 Å². The van der Waals surface area contributed by atoms with Crippen LogP contribution in [0.3, 0.4) is 0 Å². The molecule has 1 aliphatic heterocycles. The summed E-state index contributed by atoms with van der Waals surface area (Å²) in [5, 5.41) is 12.3. The first-order valence-corrected chi connectivity index (χ1v) is 9.92. The van der Waals surface area contributed by atoms with E-state index >= 15 is 0 Å². The van der Waals surface area contributed by atoms with Crippen LogP contribution in [0.15, 0.2) is 53.0 Å². The van der Waals surface area contributed by atoms with E-state index in [0.717, 1.165) is 36.1 Å². The Morgan fingerprint density at radius 1 is 1.07 bits per heavy atom. The number of benzene rings is 2. The number of anilines is 1. The maximum atomic E-state index is 12.6. The number of phenols is 1. The number of Topliss-reactive ketones (excluding diaryl/α,β-unsaturated/α-hetero) is 1. The molecule has 0 aliphatic carbocycles. The standard InChI is InChI=1S/C21H23BrN2O3/c22-18-3-1-2-4-19(18)23-20(26)11-14-24-12-9-16(10-13-24)21(27)15-5-7-17(25)8-6-15/h1-8,16,25H,9-14H2,(H,23,26). The predicted molar refractivity (Wildman–Crippen MR) is 109 cm³/mol. The van der Waals surface area contributed by atoms with Crippen molar-refractivity contribution in [3.8, 4) is 5.75 Å². The summed E-state index contributed by atoms with van der Waals surface area (Å²) in [6.07, 6.45) is 2.02. The molecule has 0 radical (unpaired) electrons. The Morgan fingerprint density at radius 2 is 1.74 bits per heavy atom. The first-order valence-electron chi connectivity index (χ1n) is 9.13. The van der Waals surface area contributed by atoms with Crippen molar-refractivity contribution < 1.29 is 14.7 Å². The van der Waals surface area contributed by atoms with E-state index in [0.29, 0.717) is 18.5 Å². The lowest BCUT2D eigenvalue weighted by atomic mass is 9.89. The summed E-state index contributed by atoms with van der Waals surface area (Å²) in [6.45, 7) is 2.32. The number of carbonyl (C=O) groups is 2. The second-order valence-corrected chi connectivity index (χ2v) is 7.66. The lowest BCUT2D eigenvalue weighted by Crippen LogP contribution is -2.38. The van der Waals surface area contributed by atoms with E-state index in [1.807, 2.05) is 24.3 Å². The number of likely N-dealkylation sites (tertiary alicyclic amines) is 1. The molecule has 1 fully saturated rings. The molecule has 0 aromatic heterocycles. The van der Waals surface area contributed by atoms with Gasteiger partial charge in [-0.3, -0.25) is 9.59 Å². The number of rotatable bonds is 6. The van der Waals surface area contributed by atoms with Crippen LogP contribution in [0.4, 0.5) is 5.69 Å². The molecule has 1 amide bonds. The number of hydrogen-bond acceptors (Lipinski definition) is 4. The minimum absolute atomic E-state index is 0.0100. The number of hydrogen-bond donors (Lipinski definition) is 2. The Labute approximate surface area is 167 Å². The molecule has 2 aromatic rings. The Hall–Kier alpha value is -2.18. The van der Waals surface area contributed by atoms with Crippen LogP contribution < -0.4 is 5.32 Å². The first-order chi connectivity index (χ1) is 13.0. The zero-order valence-electron chi connectivity index (χ0n) is 15.0. The summed E-state index contributed by atoms with van der Waals surface area (Å²) in [6, 6.07) is 14.0. The molecule has 27 heavy (non-hydrogen) atoms. The number of nitrogens with zero attached hydrogens (tertiary/aromatic N) is 1. The third kappa shape index (κ3) is 5.40. The quantitative estimate of drug-likeness (QED) is 0.677. The number of para-hydroxylation sites is 1. The number of amides is 1. The molecule has 5 nitrogen and oxygen atoms in total. The van der Waals surface area contributed by atoms with Crippen LogP contribution in [-0.4, -0.2) is 41.3 Å². The van der Waals surface area contributed by atoms with Crippen molar-refractivity contribution in [1.82, 2.24) is 4.90 Å². The number of piperidine rings is 1. The van der Waals surface area contributed by atoms with Gasteiger partial charge in [-0.2, -0.15) is 0 Å². The number of phenolic OH excluding ortho intramolecular Hbond substituents is 1. The Bertz CT molecular complexity index is 799. The molecule has 0 spiro atoms. The van der Waals surface area contributed by atoms with Gasteiger partial charge in [0.15, 0.2) is 5.78 Å². The second-order valence-electron chi connectivity index (χ2n) is 6.81. The van der Waals surface area contributed by atoms with E-state index in [2.05, 4.69) is 26.1 Å². The van der Waals surface area contributed by atoms with Crippen LogP contribution in [0.5, 0.6) is 5.75 Å². The maximum Gasteiger partial charge on any atom is 0.225 e. The summed E-state index contributed by atoms with van der Waals surface area (Å²) in [5.41, 5.74) is 1.43. The molecular formula is C21H23BrN2O3. The van der Waals surface area contributed by atoms with Crippen molar-refractivity contribution in [2.45, 2.75) is 19.3 Å². The van der Waals surface area contributed by atoms with Gasteiger partial charge in [0.1, 0.15) is 5.75 Å². The average Bonchev–Trinajstić information content (AvgIpc) is 2.69. The minimum Gasteiger partial charge on any atom is -0.508 e. The van der Waals surface area contributed by atoms with Gasteiger partial charge in [0.05, 0.1) is 5.69 Å². The van der Waals surface area contributed by atoms with Crippen LogP contribution in [-0.2, 0) is 4.79 Å². The third-order valence-corrected chi connectivity index (χ3v) is 5.60. The van der Waals surface area contributed by atoms with Gasteiger partial charge in [0.2, 0.25) is 5.91 Å². The molecule has 0 unspecified atom stereocenters. The molecule has 1 saturated heterocycles. The number of carbonyl (C=O) groups excluding carboxylic acids is 2. The molecule has 1 heterocycles. The maximum absolute atomic E-state index is 12.6. The van der Waals surface area contributed by atoms with Gasteiger partial charge < -0.3 is 15.3 Å². The molecular weight excluding hydrogens is 408 g/mol. The molecule has 2 N–H and O–H groups in total. The van der Waals surface area contributed by atoms with Crippen molar-refractivity contribution in [2.24, 2.45) is 5.92 Å². The van der Waals surface area contributed by atoms with Crippen LogP contribution >= 0.6 is 15.9 Å². The van der Waals surface area contributed by atoms with E-state index in [1.54, 1.807) is 24.3 Å². The fourth-order valence-corrected chi connectivity index (χ4v) is 3.70. The van der Waals surface area contributed by atoms with Gasteiger partial charge in [0.25, 0.3) is 0 Å². The fraction of sp³-hybridized carbons (Fsp3) is 0.333. The molecule has 0 saturated carbocycles. The average molecular weight is 431 g/mol. The van der Waals surface area contributed by atoms with Crippen molar-refractivity contribution in [1.29, 1.82) is 0 Å². The van der Waals surface area contributed by atoms with Gasteiger partial charge in [-0.05, 0) is 78.3 Å². The molecule has 1 aliphatic rings. The Balaban J connectivity index is 1.43. The summed E-state index contributed by atoms with van der Waals surface area (Å²) in [7, 11) is 0. The first kappa shape index (κ1) is 19.6. The van der Waals surface area contributed by atoms with Gasteiger partial charge >= 0.3 is 0 Å². The molecule has 2 aromatic carbocycles. The largest absolute Gasteiger partial charge is 0.508 e. The smallest absolute Gasteiger partial charge is 0.225 e. The topological polar surface area (TPSA) is 69.6 Å². The van der Waals surface area contributed by atoms with Gasteiger partial charge in [0, 0.05) is 28.9 Å². The van der Waals surface area contributed by atoms with Crippen LogP contribution in [0.1, 0.15) is 29.6 Å². The molecule has 0 bridgehead atoms. The Morgan fingerprint density at radius 3 is 2.41 bits per heavy atom. The van der Waals surface area contributed by atoms with Crippen LogP contribution in [0, 0.1) is 5.92 Å². The summed E-state index contributed by atoms with van der Waals surface area (Å²) in [5.74, 6) is 0.313. The Kier molecular flexibility index (Phi) is 6.63. The zero-order valence-corrected chi connectivity index (χ0v) is 16.6. The highest BCUT2D eigenvalue weighted by atomic mass is 79.9. The normalized spacial score (nSPS) is 15.4. The van der Waals surface area contributed by atoms with Crippen molar-refractivity contribution in [3.63, 3.8) is 0 Å². The van der Waals surface area contributed by atoms with E-state index in [1.165, 1.54) is 0 Å². The van der Waals surface area contributed by atoms with Crippen molar-refractivity contribution in [2.75, 3.05) is 25.0 Å². The highest BCUT2D eigenvalue weighted by Gasteiger charge is 2.25. The highest BCUT2D eigenvalue weighted by molar-refractivity contribution is 9.10. The van der Waals surface area contributed by atoms with Crippen LogP contribution in [0.25, 0.3) is 0 Å². The number of halogens is 1. The highest BCUT2D eigenvalue weighted by Crippen LogP contribution is 2.24. The predicted octanol–water partition coefficient (Wildman–Crippen LogP) is 4.08. The molecule has 142 valence electrons. The molecule has 6 heteroatoms. The third-order valence-electron chi connectivity index (χ3n) is 4.91. The van der Waals surface area contributed by atoms with Gasteiger partial charge in [-0.15, -0.1) is 0 Å². The number of ketones is 1. The molecule has 3 rings (SSSR count). The van der Waals surface area contributed by atoms with Gasteiger partial charge in [-0.1, -0.05) is 12.1 Å². The van der Waals surface area contributed by atoms with E-state index in [4.69, 9.17) is 0 Å². The summed E-state index contributed by atoms with van der Waals surface area (Å²) in [4.78, 5) is 26.9. The number of aromatic hydroxyl groups is 1. The monoisotopic (exact) mass is 430 g/mol. The molecule has 0 atom stereocenters. The summed E-state index contributed by atoms with van der Waals surface area (Å²) < 4.78 is 0.868. The lowest BCUT2D eigenvalue weighted by molar-refractivity contribution is -0.116. The van der Waals surface area contributed by atoms with E-state index < -0.39 is 0 Å². The minimum atomic E-state index is -0.0100. The summed E-state index contributed by atoms with van der Waals surface area (Å²) >= 11 is 3.42. The van der Waals surface area contributed by atoms with Crippen molar-refractivity contribution in [3.05, 3.63) is 58.6 Å². The second kappa shape index (κ2) is 9.15. The van der Waals surface area contributed by atoms with Gasteiger partial charge in [-0.25, -0.2) is 0 Å². The SMILES string of the molecule is O=C(CCN1CCC(C(=O)c2ccc(O)cc2)CC1)Nc1ccccc1Br. The van der Waals surface area contributed by atoms with Crippen molar-refractivity contribution >= 4 is 33.3 Å². The fourth-order valence-electron chi connectivity index (χ4n) is 3.32. The van der Waals surface area contributed by atoms with Crippen LogP contribution in [0.2, 0.25) is 0 Å². The van der Waals surface area contributed by atoms with E-state index in [9.17, 15) is 14.7 Å². The lowest BCUT2D eigenvalue weighted by Gasteiger charge is -2.31.